The predicted octanol–water partition coefficient (Wildman–Crippen LogP) is 4.74. The van der Waals surface area contributed by atoms with Crippen molar-refractivity contribution in [2.45, 2.75) is 6.92 Å². The van der Waals surface area contributed by atoms with Gasteiger partial charge in [0.1, 0.15) is 11.0 Å². The van der Waals surface area contributed by atoms with Crippen LogP contribution in [0.25, 0.3) is 0 Å². The molecule has 0 atom stereocenters. The van der Waals surface area contributed by atoms with E-state index in [1.54, 1.807) is 13.0 Å². The third-order valence-corrected chi connectivity index (χ3v) is 3.43. The van der Waals surface area contributed by atoms with Gasteiger partial charge in [0.2, 0.25) is 0 Å². The molecule has 0 radical (unpaired) electrons. The van der Waals surface area contributed by atoms with Crippen molar-refractivity contribution in [3.8, 4) is 0 Å². The second kappa shape index (κ2) is 5.95. The first kappa shape index (κ1) is 15.0. The zero-order chi connectivity index (χ0) is 14.9. The van der Waals surface area contributed by atoms with Crippen molar-refractivity contribution in [3.63, 3.8) is 0 Å². The van der Waals surface area contributed by atoms with Gasteiger partial charge in [-0.05, 0) is 30.7 Å². The molecule has 1 aromatic carbocycles. The second-order valence-corrected chi connectivity index (χ2v) is 5.11. The summed E-state index contributed by atoms with van der Waals surface area (Å²) in [4.78, 5) is 15.9. The fourth-order valence-electron chi connectivity index (χ4n) is 1.61. The number of halogens is 4. The molecular weight excluding hydrogens is 326 g/mol. The molecule has 3 nitrogen and oxygen atoms in total. The molecule has 0 saturated carbocycles. The lowest BCUT2D eigenvalue weighted by Gasteiger charge is -2.11. The molecule has 0 saturated heterocycles. The van der Waals surface area contributed by atoms with Crippen molar-refractivity contribution in [1.29, 1.82) is 0 Å². The summed E-state index contributed by atoms with van der Waals surface area (Å²) in [6.07, 6.45) is 0. The summed E-state index contributed by atoms with van der Waals surface area (Å²) in [6.45, 7) is 1.71. The first-order valence-corrected chi connectivity index (χ1v) is 6.61. The summed E-state index contributed by atoms with van der Waals surface area (Å²) in [5.41, 5.74) is 0.953. The number of aromatic nitrogens is 1. The molecule has 7 heteroatoms. The minimum atomic E-state index is -0.670. The first-order valence-electron chi connectivity index (χ1n) is 5.48. The van der Waals surface area contributed by atoms with E-state index in [1.165, 1.54) is 18.2 Å². The van der Waals surface area contributed by atoms with Gasteiger partial charge in [0.25, 0.3) is 5.91 Å². The highest BCUT2D eigenvalue weighted by atomic mass is 35.5. The van der Waals surface area contributed by atoms with E-state index >= 15 is 0 Å². The fourth-order valence-corrected chi connectivity index (χ4v) is 2.40. The number of aryl methyl sites for hydroxylation is 1. The smallest absolute Gasteiger partial charge is 0.257 e. The van der Waals surface area contributed by atoms with Gasteiger partial charge < -0.3 is 5.32 Å². The van der Waals surface area contributed by atoms with E-state index in [4.69, 9.17) is 34.8 Å². The quantitative estimate of drug-likeness (QED) is 0.806. The molecule has 0 aliphatic heterocycles. The molecule has 1 amide bonds. The lowest BCUT2D eigenvalue weighted by atomic mass is 10.2. The van der Waals surface area contributed by atoms with E-state index in [9.17, 15) is 9.18 Å². The molecule has 0 aliphatic rings. The normalized spacial score (nSPS) is 10.4. The zero-order valence-corrected chi connectivity index (χ0v) is 12.4. The molecule has 0 bridgehead atoms. The van der Waals surface area contributed by atoms with Gasteiger partial charge in [0.05, 0.1) is 16.3 Å². The summed E-state index contributed by atoms with van der Waals surface area (Å²) >= 11 is 17.4. The summed E-state index contributed by atoms with van der Waals surface area (Å²) in [6, 6.07) is 5.52. The highest BCUT2D eigenvalue weighted by Crippen LogP contribution is 2.28. The molecule has 1 N–H and O–H groups in total. The Labute approximate surface area is 129 Å². The van der Waals surface area contributed by atoms with Crippen LogP contribution in [0.3, 0.4) is 0 Å². The molecule has 0 spiro atoms. The molecule has 0 unspecified atom stereocenters. The minimum absolute atomic E-state index is 0.0112. The Bertz CT molecular complexity index is 668. The Kier molecular flexibility index (Phi) is 4.48. The van der Waals surface area contributed by atoms with Crippen LogP contribution in [-0.4, -0.2) is 10.9 Å². The van der Waals surface area contributed by atoms with Gasteiger partial charge in [-0.25, -0.2) is 9.37 Å². The van der Waals surface area contributed by atoms with Crippen LogP contribution in [0.2, 0.25) is 15.3 Å². The molecular formula is C13H8Cl3FN2O. The van der Waals surface area contributed by atoms with Gasteiger partial charge in [-0.1, -0.05) is 40.9 Å². The average Bonchev–Trinajstić information content (AvgIpc) is 2.36. The van der Waals surface area contributed by atoms with Crippen LogP contribution in [0.1, 0.15) is 15.9 Å². The number of nitrogens with one attached hydrogen (secondary N) is 1. The maximum absolute atomic E-state index is 13.3. The average molecular weight is 334 g/mol. The number of amides is 1. The topological polar surface area (TPSA) is 42.0 Å². The van der Waals surface area contributed by atoms with E-state index in [0.717, 1.165) is 0 Å². The van der Waals surface area contributed by atoms with Crippen molar-refractivity contribution in [2.75, 3.05) is 5.32 Å². The van der Waals surface area contributed by atoms with Gasteiger partial charge in [0, 0.05) is 0 Å². The van der Waals surface area contributed by atoms with Crippen molar-refractivity contribution in [3.05, 3.63) is 56.5 Å². The molecule has 0 aliphatic carbocycles. The summed E-state index contributed by atoms with van der Waals surface area (Å²) in [5, 5.41) is 2.57. The minimum Gasteiger partial charge on any atom is -0.319 e. The van der Waals surface area contributed by atoms with Crippen LogP contribution in [0.5, 0.6) is 0 Å². The fraction of sp³-hybridized carbons (Fsp3) is 0.0769. The predicted molar refractivity (Wildman–Crippen MR) is 78.4 cm³/mol. The largest absolute Gasteiger partial charge is 0.319 e. The third-order valence-electron chi connectivity index (χ3n) is 2.58. The van der Waals surface area contributed by atoms with Crippen molar-refractivity contribution < 1.29 is 9.18 Å². The van der Waals surface area contributed by atoms with Crippen molar-refractivity contribution >= 4 is 46.4 Å². The lowest BCUT2D eigenvalue weighted by Crippen LogP contribution is -2.14. The highest BCUT2D eigenvalue weighted by Gasteiger charge is 2.16. The highest BCUT2D eigenvalue weighted by molar-refractivity contribution is 6.36. The van der Waals surface area contributed by atoms with Crippen LogP contribution >= 0.6 is 34.8 Å². The number of carbonyl (C=O) groups excluding carboxylic acids is 1. The molecule has 0 fully saturated rings. The number of hydrogen-bond acceptors (Lipinski definition) is 2. The van der Waals surface area contributed by atoms with Crippen LogP contribution in [-0.2, 0) is 0 Å². The molecule has 2 rings (SSSR count). The van der Waals surface area contributed by atoms with E-state index in [-0.39, 0.29) is 20.9 Å². The standard InChI is InChI=1S/C13H8Cl3FN2O/c1-6-5-9(14)18-12(16)11(6)19-13(20)7-3-2-4-8(17)10(7)15/h2-5H,1H3,(H,19,20). The van der Waals surface area contributed by atoms with Crippen LogP contribution in [0.4, 0.5) is 10.1 Å². The molecule has 1 heterocycles. The van der Waals surface area contributed by atoms with Gasteiger partial charge in [-0.15, -0.1) is 0 Å². The SMILES string of the molecule is Cc1cc(Cl)nc(Cl)c1NC(=O)c1cccc(F)c1Cl. The van der Waals surface area contributed by atoms with Crippen LogP contribution in [0.15, 0.2) is 24.3 Å². The monoisotopic (exact) mass is 332 g/mol. The third kappa shape index (κ3) is 3.03. The number of benzene rings is 1. The maximum atomic E-state index is 13.3. The number of carbonyl (C=O) groups is 1. The first-order chi connectivity index (χ1) is 9.40. The summed E-state index contributed by atoms with van der Waals surface area (Å²) in [5.74, 6) is -1.25. The van der Waals surface area contributed by atoms with Gasteiger partial charge in [-0.3, -0.25) is 4.79 Å². The summed E-state index contributed by atoms with van der Waals surface area (Å²) < 4.78 is 13.3. The molecule has 2 aromatic rings. The van der Waals surface area contributed by atoms with Crippen molar-refractivity contribution in [1.82, 2.24) is 4.98 Å². The number of pyridine rings is 1. The van der Waals surface area contributed by atoms with E-state index in [2.05, 4.69) is 10.3 Å². The van der Waals surface area contributed by atoms with E-state index in [1.807, 2.05) is 0 Å². The number of hydrogen-bond donors (Lipinski definition) is 1. The van der Waals surface area contributed by atoms with Crippen molar-refractivity contribution in [2.24, 2.45) is 0 Å². The Balaban J connectivity index is 2.36. The van der Waals surface area contributed by atoms with Gasteiger partial charge >= 0.3 is 0 Å². The molecule has 1 aromatic heterocycles. The second-order valence-electron chi connectivity index (χ2n) is 3.98. The number of anilines is 1. The Morgan fingerprint density at radius 3 is 2.65 bits per heavy atom. The molecule has 20 heavy (non-hydrogen) atoms. The Morgan fingerprint density at radius 2 is 2.00 bits per heavy atom. The summed E-state index contributed by atoms with van der Waals surface area (Å²) in [7, 11) is 0. The van der Waals surface area contributed by atoms with Crippen LogP contribution < -0.4 is 5.32 Å². The Hall–Kier alpha value is -1.36. The molecule has 104 valence electrons. The van der Waals surface area contributed by atoms with E-state index in [0.29, 0.717) is 11.3 Å². The van der Waals surface area contributed by atoms with Gasteiger partial charge in [0.15, 0.2) is 5.15 Å². The van der Waals surface area contributed by atoms with Gasteiger partial charge in [-0.2, -0.15) is 0 Å². The van der Waals surface area contributed by atoms with E-state index < -0.39 is 11.7 Å². The number of rotatable bonds is 2. The lowest BCUT2D eigenvalue weighted by molar-refractivity contribution is 0.102. The van der Waals surface area contributed by atoms with Crippen LogP contribution in [0, 0.1) is 12.7 Å². The zero-order valence-electron chi connectivity index (χ0n) is 10.2. The number of nitrogens with zero attached hydrogens (tertiary/aromatic N) is 1. The maximum Gasteiger partial charge on any atom is 0.257 e. The Morgan fingerprint density at radius 1 is 1.30 bits per heavy atom.